The summed E-state index contributed by atoms with van der Waals surface area (Å²) in [4.78, 5) is 7.64. The first-order valence-corrected chi connectivity index (χ1v) is 12.6. The number of aliphatic imine (C=N–C) groups is 1. The van der Waals surface area contributed by atoms with Crippen LogP contribution in [0.2, 0.25) is 0 Å². The van der Waals surface area contributed by atoms with Crippen molar-refractivity contribution in [2.45, 2.75) is 63.3 Å². The lowest BCUT2D eigenvalue weighted by molar-refractivity contribution is 0.151. The SMILES string of the molecule is CCNC(=NCc1ccc(S(=O)(=O)N2CCCCC2)cc1)N1CCC2(CCC2)C1.I. The molecule has 1 saturated carbocycles. The molecule has 0 unspecified atom stereocenters. The summed E-state index contributed by atoms with van der Waals surface area (Å²) >= 11 is 0. The summed E-state index contributed by atoms with van der Waals surface area (Å²) in [5.41, 5.74) is 1.58. The highest BCUT2D eigenvalue weighted by molar-refractivity contribution is 14.0. The van der Waals surface area contributed by atoms with Crippen molar-refractivity contribution in [2.24, 2.45) is 10.4 Å². The van der Waals surface area contributed by atoms with Crippen LogP contribution in [-0.4, -0.2) is 56.3 Å². The minimum Gasteiger partial charge on any atom is -0.357 e. The van der Waals surface area contributed by atoms with Crippen LogP contribution in [0.3, 0.4) is 0 Å². The molecule has 8 heteroatoms. The molecule has 1 aliphatic carbocycles. The monoisotopic (exact) mass is 546 g/mol. The van der Waals surface area contributed by atoms with Crippen LogP contribution >= 0.6 is 24.0 Å². The number of nitrogens with one attached hydrogen (secondary N) is 1. The molecule has 2 heterocycles. The first kappa shape index (κ1) is 23.8. The van der Waals surface area contributed by atoms with Gasteiger partial charge >= 0.3 is 0 Å². The van der Waals surface area contributed by atoms with Gasteiger partial charge in [0.15, 0.2) is 5.96 Å². The number of guanidine groups is 1. The van der Waals surface area contributed by atoms with Gasteiger partial charge < -0.3 is 10.2 Å². The van der Waals surface area contributed by atoms with E-state index in [1.807, 2.05) is 12.1 Å². The summed E-state index contributed by atoms with van der Waals surface area (Å²) in [7, 11) is -3.36. The fourth-order valence-corrected chi connectivity index (χ4v) is 6.33. The minimum atomic E-state index is -3.36. The molecule has 0 aromatic heterocycles. The fourth-order valence-electron chi connectivity index (χ4n) is 4.81. The summed E-state index contributed by atoms with van der Waals surface area (Å²) < 4.78 is 27.2. The van der Waals surface area contributed by atoms with Crippen molar-refractivity contribution in [3.05, 3.63) is 29.8 Å². The second-order valence-electron chi connectivity index (χ2n) is 8.80. The van der Waals surface area contributed by atoms with E-state index in [9.17, 15) is 8.42 Å². The third kappa shape index (κ3) is 5.12. The molecular formula is C22H35IN4O2S. The molecule has 3 fully saturated rings. The Morgan fingerprint density at radius 1 is 1.03 bits per heavy atom. The Hall–Kier alpha value is -0.870. The predicted octanol–water partition coefficient (Wildman–Crippen LogP) is 3.82. The molecule has 6 nitrogen and oxygen atoms in total. The van der Waals surface area contributed by atoms with Crippen molar-refractivity contribution in [3.63, 3.8) is 0 Å². The standard InChI is InChI=1S/C22H34N4O2S.HI/c1-2-23-21(25-16-13-22(18-25)11-6-12-22)24-17-19-7-9-20(10-8-19)29(27,28)26-14-4-3-5-15-26;/h7-10H,2-6,11-18H2,1H3,(H,23,24);1H. The van der Waals surface area contributed by atoms with E-state index >= 15 is 0 Å². The quantitative estimate of drug-likeness (QED) is 0.347. The zero-order valence-electron chi connectivity index (χ0n) is 18.0. The van der Waals surface area contributed by atoms with Crippen molar-refractivity contribution in [3.8, 4) is 0 Å². The Kier molecular flexibility index (Phi) is 8.06. The molecule has 1 N–H and O–H groups in total. The summed E-state index contributed by atoms with van der Waals surface area (Å²) in [5, 5.41) is 3.43. The van der Waals surface area contributed by atoms with Gasteiger partial charge in [0.2, 0.25) is 10.0 Å². The van der Waals surface area contributed by atoms with E-state index in [4.69, 9.17) is 4.99 Å². The average Bonchev–Trinajstić information content (AvgIpc) is 3.18. The number of halogens is 1. The largest absolute Gasteiger partial charge is 0.357 e. The molecule has 1 spiro atoms. The second kappa shape index (κ2) is 10.2. The van der Waals surface area contributed by atoms with Gasteiger partial charge in [0, 0.05) is 32.7 Å². The lowest BCUT2D eigenvalue weighted by Crippen LogP contribution is -2.42. The van der Waals surface area contributed by atoms with Gasteiger partial charge in [-0.25, -0.2) is 13.4 Å². The Morgan fingerprint density at radius 2 is 1.73 bits per heavy atom. The van der Waals surface area contributed by atoms with E-state index in [0.29, 0.717) is 29.9 Å². The van der Waals surface area contributed by atoms with Crippen LogP contribution in [-0.2, 0) is 16.6 Å². The molecule has 30 heavy (non-hydrogen) atoms. The first-order chi connectivity index (χ1) is 14.0. The average molecular weight is 547 g/mol. The molecular weight excluding hydrogens is 511 g/mol. The maximum absolute atomic E-state index is 12.8. The van der Waals surface area contributed by atoms with Crippen LogP contribution in [0.25, 0.3) is 0 Å². The van der Waals surface area contributed by atoms with Crippen LogP contribution < -0.4 is 5.32 Å². The van der Waals surface area contributed by atoms with Gasteiger partial charge in [-0.05, 0) is 62.1 Å². The van der Waals surface area contributed by atoms with Gasteiger partial charge in [-0.15, -0.1) is 24.0 Å². The van der Waals surface area contributed by atoms with E-state index in [0.717, 1.165) is 50.4 Å². The third-order valence-electron chi connectivity index (χ3n) is 6.77. The van der Waals surface area contributed by atoms with Crippen LogP contribution in [0.5, 0.6) is 0 Å². The zero-order chi connectivity index (χ0) is 20.3. The highest BCUT2D eigenvalue weighted by Crippen LogP contribution is 2.47. The van der Waals surface area contributed by atoms with Gasteiger partial charge in [-0.1, -0.05) is 25.0 Å². The summed E-state index contributed by atoms with van der Waals surface area (Å²) in [6.07, 6.45) is 8.39. The summed E-state index contributed by atoms with van der Waals surface area (Å²) in [5.74, 6) is 0.987. The molecule has 168 valence electrons. The highest BCUT2D eigenvalue weighted by atomic mass is 127. The molecule has 2 aliphatic heterocycles. The van der Waals surface area contributed by atoms with E-state index < -0.39 is 10.0 Å². The zero-order valence-corrected chi connectivity index (χ0v) is 21.1. The molecule has 0 radical (unpaired) electrons. The number of hydrogen-bond donors (Lipinski definition) is 1. The van der Waals surface area contributed by atoms with E-state index in [1.165, 1.54) is 25.7 Å². The molecule has 0 amide bonds. The minimum absolute atomic E-state index is 0. The maximum atomic E-state index is 12.8. The number of sulfonamides is 1. The molecule has 4 rings (SSSR count). The van der Waals surface area contributed by atoms with Crippen LogP contribution in [0.15, 0.2) is 34.2 Å². The molecule has 1 aromatic carbocycles. The number of piperidine rings is 1. The van der Waals surface area contributed by atoms with E-state index in [1.54, 1.807) is 16.4 Å². The van der Waals surface area contributed by atoms with E-state index in [-0.39, 0.29) is 24.0 Å². The van der Waals surface area contributed by atoms with Gasteiger partial charge in [0.25, 0.3) is 0 Å². The second-order valence-corrected chi connectivity index (χ2v) is 10.7. The smallest absolute Gasteiger partial charge is 0.243 e. The number of likely N-dealkylation sites (tertiary alicyclic amines) is 1. The lowest BCUT2D eigenvalue weighted by Gasteiger charge is -2.38. The predicted molar refractivity (Wildman–Crippen MR) is 132 cm³/mol. The Labute approximate surface area is 198 Å². The van der Waals surface area contributed by atoms with Crippen molar-refractivity contribution < 1.29 is 8.42 Å². The number of rotatable bonds is 5. The molecule has 2 saturated heterocycles. The molecule has 0 atom stereocenters. The molecule has 3 aliphatic rings. The fraction of sp³-hybridized carbons (Fsp3) is 0.682. The normalized spacial score (nSPS) is 21.9. The Balaban J connectivity index is 0.00000256. The van der Waals surface area contributed by atoms with Gasteiger partial charge in [0.05, 0.1) is 11.4 Å². The van der Waals surface area contributed by atoms with Gasteiger partial charge in [-0.3, -0.25) is 0 Å². The third-order valence-corrected chi connectivity index (χ3v) is 8.69. The molecule has 1 aromatic rings. The number of benzene rings is 1. The van der Waals surface area contributed by atoms with E-state index in [2.05, 4.69) is 17.1 Å². The van der Waals surface area contributed by atoms with Crippen molar-refractivity contribution in [1.82, 2.24) is 14.5 Å². The summed E-state index contributed by atoms with van der Waals surface area (Å²) in [6.45, 7) is 7.00. The highest BCUT2D eigenvalue weighted by Gasteiger charge is 2.43. The maximum Gasteiger partial charge on any atom is 0.243 e. The van der Waals surface area contributed by atoms with Crippen LogP contribution in [0, 0.1) is 5.41 Å². The van der Waals surface area contributed by atoms with Crippen molar-refractivity contribution in [2.75, 3.05) is 32.7 Å². The number of hydrogen-bond acceptors (Lipinski definition) is 3. The number of nitrogens with zero attached hydrogens (tertiary/aromatic N) is 3. The van der Waals surface area contributed by atoms with Crippen LogP contribution in [0.1, 0.15) is 57.4 Å². The Morgan fingerprint density at radius 3 is 2.30 bits per heavy atom. The van der Waals surface area contributed by atoms with Gasteiger partial charge in [-0.2, -0.15) is 4.31 Å². The topological polar surface area (TPSA) is 65.0 Å². The lowest BCUT2D eigenvalue weighted by atomic mass is 9.68. The van der Waals surface area contributed by atoms with Crippen LogP contribution in [0.4, 0.5) is 0 Å². The van der Waals surface area contributed by atoms with Gasteiger partial charge in [0.1, 0.15) is 0 Å². The first-order valence-electron chi connectivity index (χ1n) is 11.1. The summed E-state index contributed by atoms with van der Waals surface area (Å²) in [6, 6.07) is 7.28. The molecule has 0 bridgehead atoms. The van der Waals surface area contributed by atoms with Crippen molar-refractivity contribution in [1.29, 1.82) is 0 Å². The van der Waals surface area contributed by atoms with Crippen molar-refractivity contribution >= 4 is 40.0 Å². The Bertz CT molecular complexity index is 831.